The third kappa shape index (κ3) is 11.5. The van der Waals surface area contributed by atoms with Gasteiger partial charge in [0.15, 0.2) is 0 Å². The standard InChI is InChI=1S/C12H26N2O2/c1-10(2)16-9-8-13-11(15)6-7-14-12(3,4)5/h10,14H,6-9H2,1-5H3,(H,13,15). The molecule has 96 valence electrons. The van der Waals surface area contributed by atoms with Crippen molar-refractivity contribution in [3.63, 3.8) is 0 Å². The van der Waals surface area contributed by atoms with Crippen molar-refractivity contribution >= 4 is 5.91 Å². The molecule has 2 N–H and O–H groups in total. The first-order valence-corrected chi connectivity index (χ1v) is 5.94. The van der Waals surface area contributed by atoms with Crippen LogP contribution in [-0.2, 0) is 9.53 Å². The molecule has 0 atom stereocenters. The zero-order valence-electron chi connectivity index (χ0n) is 11.2. The fourth-order valence-corrected chi connectivity index (χ4v) is 1.12. The summed E-state index contributed by atoms with van der Waals surface area (Å²) in [6.07, 6.45) is 0.735. The van der Waals surface area contributed by atoms with E-state index in [1.54, 1.807) is 0 Å². The lowest BCUT2D eigenvalue weighted by molar-refractivity contribution is -0.121. The molecule has 0 heterocycles. The molecule has 0 fully saturated rings. The van der Waals surface area contributed by atoms with Crippen molar-refractivity contribution in [3.05, 3.63) is 0 Å². The van der Waals surface area contributed by atoms with Gasteiger partial charge in [0.25, 0.3) is 0 Å². The molecule has 0 aliphatic carbocycles. The van der Waals surface area contributed by atoms with Gasteiger partial charge in [0.05, 0.1) is 12.7 Å². The first-order valence-electron chi connectivity index (χ1n) is 5.94. The van der Waals surface area contributed by atoms with Gasteiger partial charge in [0.2, 0.25) is 5.91 Å². The lowest BCUT2D eigenvalue weighted by Gasteiger charge is -2.20. The topological polar surface area (TPSA) is 50.4 Å². The first kappa shape index (κ1) is 15.4. The number of hydrogen-bond donors (Lipinski definition) is 2. The summed E-state index contributed by atoms with van der Waals surface area (Å²) in [6, 6.07) is 0. The first-order chi connectivity index (χ1) is 7.31. The molecule has 0 spiro atoms. The SMILES string of the molecule is CC(C)OCCNC(=O)CCNC(C)(C)C. The second kappa shape index (κ2) is 7.63. The number of ether oxygens (including phenoxy) is 1. The molecule has 0 bridgehead atoms. The van der Waals surface area contributed by atoms with Crippen molar-refractivity contribution in [3.8, 4) is 0 Å². The zero-order chi connectivity index (χ0) is 12.6. The number of carbonyl (C=O) groups is 1. The van der Waals surface area contributed by atoms with Crippen LogP contribution in [0.15, 0.2) is 0 Å². The smallest absolute Gasteiger partial charge is 0.221 e. The van der Waals surface area contributed by atoms with Gasteiger partial charge in [-0.3, -0.25) is 4.79 Å². The second-order valence-corrected chi connectivity index (χ2v) is 5.20. The molecular weight excluding hydrogens is 204 g/mol. The summed E-state index contributed by atoms with van der Waals surface area (Å²) >= 11 is 0. The Balaban J connectivity index is 3.39. The maximum absolute atomic E-state index is 11.4. The third-order valence-corrected chi connectivity index (χ3v) is 1.88. The molecule has 1 amide bonds. The molecule has 0 aromatic heterocycles. The molecule has 0 rings (SSSR count). The van der Waals surface area contributed by atoms with Crippen molar-refractivity contribution in [2.75, 3.05) is 19.7 Å². The lowest BCUT2D eigenvalue weighted by atomic mass is 10.1. The molecule has 4 nitrogen and oxygen atoms in total. The van der Waals surface area contributed by atoms with E-state index in [4.69, 9.17) is 4.74 Å². The highest BCUT2D eigenvalue weighted by Gasteiger charge is 2.09. The molecule has 4 heteroatoms. The quantitative estimate of drug-likeness (QED) is 0.648. The van der Waals surface area contributed by atoms with Crippen LogP contribution < -0.4 is 10.6 Å². The van der Waals surface area contributed by atoms with Crippen LogP contribution >= 0.6 is 0 Å². The Hall–Kier alpha value is -0.610. The van der Waals surface area contributed by atoms with Gasteiger partial charge in [-0.1, -0.05) is 0 Å². The van der Waals surface area contributed by atoms with Crippen molar-refractivity contribution in [1.82, 2.24) is 10.6 Å². The maximum atomic E-state index is 11.4. The molecule has 0 unspecified atom stereocenters. The summed E-state index contributed by atoms with van der Waals surface area (Å²) in [6.45, 7) is 12.1. The molecule has 0 saturated heterocycles. The van der Waals surface area contributed by atoms with E-state index in [9.17, 15) is 4.79 Å². The predicted molar refractivity (Wildman–Crippen MR) is 66.5 cm³/mol. The van der Waals surface area contributed by atoms with Crippen LogP contribution in [0.3, 0.4) is 0 Å². The monoisotopic (exact) mass is 230 g/mol. The summed E-state index contributed by atoms with van der Waals surface area (Å²) in [5, 5.41) is 6.09. The normalized spacial score (nSPS) is 11.9. The fourth-order valence-electron chi connectivity index (χ4n) is 1.12. The van der Waals surface area contributed by atoms with Crippen molar-refractivity contribution in [1.29, 1.82) is 0 Å². The zero-order valence-corrected chi connectivity index (χ0v) is 11.2. The van der Waals surface area contributed by atoms with E-state index in [0.717, 1.165) is 0 Å². The van der Waals surface area contributed by atoms with E-state index in [1.165, 1.54) is 0 Å². The predicted octanol–water partition coefficient (Wildman–Crippen LogP) is 1.31. The highest BCUT2D eigenvalue weighted by Crippen LogP contribution is 1.97. The van der Waals surface area contributed by atoms with Gasteiger partial charge in [-0.15, -0.1) is 0 Å². The van der Waals surface area contributed by atoms with E-state index in [1.807, 2.05) is 13.8 Å². The minimum Gasteiger partial charge on any atom is -0.377 e. The highest BCUT2D eigenvalue weighted by molar-refractivity contribution is 5.76. The Morgan fingerprint density at radius 1 is 1.25 bits per heavy atom. The van der Waals surface area contributed by atoms with Crippen LogP contribution in [0.1, 0.15) is 41.0 Å². The van der Waals surface area contributed by atoms with Crippen molar-refractivity contribution in [2.45, 2.75) is 52.7 Å². The van der Waals surface area contributed by atoms with Crippen LogP contribution in [0.2, 0.25) is 0 Å². The van der Waals surface area contributed by atoms with Crippen LogP contribution in [0.5, 0.6) is 0 Å². The molecule has 0 saturated carbocycles. The van der Waals surface area contributed by atoms with Crippen LogP contribution in [0, 0.1) is 0 Å². The second-order valence-electron chi connectivity index (χ2n) is 5.20. The van der Waals surface area contributed by atoms with Gasteiger partial charge >= 0.3 is 0 Å². The molecule has 0 aliphatic rings. The summed E-state index contributed by atoms with van der Waals surface area (Å²) in [5.74, 6) is 0.0732. The van der Waals surface area contributed by atoms with Crippen LogP contribution in [-0.4, -0.2) is 37.2 Å². The largest absolute Gasteiger partial charge is 0.377 e. The number of hydrogen-bond acceptors (Lipinski definition) is 3. The Labute approximate surface area is 99.1 Å². The maximum Gasteiger partial charge on any atom is 0.221 e. The fraction of sp³-hybridized carbons (Fsp3) is 0.917. The lowest BCUT2D eigenvalue weighted by Crippen LogP contribution is -2.39. The molecular formula is C12H26N2O2. The number of rotatable bonds is 7. The van der Waals surface area contributed by atoms with Crippen LogP contribution in [0.25, 0.3) is 0 Å². The Morgan fingerprint density at radius 2 is 1.88 bits per heavy atom. The molecule has 0 aromatic rings. The molecule has 0 aliphatic heterocycles. The van der Waals surface area contributed by atoms with E-state index in [-0.39, 0.29) is 17.6 Å². The Kier molecular flexibility index (Phi) is 7.34. The summed E-state index contributed by atoms with van der Waals surface area (Å²) in [5.41, 5.74) is 0.0705. The highest BCUT2D eigenvalue weighted by atomic mass is 16.5. The molecule has 16 heavy (non-hydrogen) atoms. The summed E-state index contributed by atoms with van der Waals surface area (Å²) < 4.78 is 5.32. The average molecular weight is 230 g/mol. The van der Waals surface area contributed by atoms with E-state index in [0.29, 0.717) is 26.1 Å². The van der Waals surface area contributed by atoms with Gasteiger partial charge < -0.3 is 15.4 Å². The third-order valence-electron chi connectivity index (χ3n) is 1.88. The van der Waals surface area contributed by atoms with Gasteiger partial charge in [-0.25, -0.2) is 0 Å². The van der Waals surface area contributed by atoms with Gasteiger partial charge in [0.1, 0.15) is 0 Å². The van der Waals surface area contributed by atoms with E-state index < -0.39 is 0 Å². The summed E-state index contributed by atoms with van der Waals surface area (Å²) in [4.78, 5) is 11.4. The minimum atomic E-state index is 0.0705. The minimum absolute atomic E-state index is 0.0705. The number of carbonyl (C=O) groups excluding carboxylic acids is 1. The van der Waals surface area contributed by atoms with E-state index in [2.05, 4.69) is 31.4 Å². The number of nitrogens with one attached hydrogen (secondary N) is 2. The number of amides is 1. The Bertz CT molecular complexity index is 198. The van der Waals surface area contributed by atoms with Gasteiger partial charge in [0, 0.05) is 25.0 Å². The summed E-state index contributed by atoms with van der Waals surface area (Å²) in [7, 11) is 0. The average Bonchev–Trinajstić information content (AvgIpc) is 2.10. The Morgan fingerprint density at radius 3 is 2.38 bits per heavy atom. The van der Waals surface area contributed by atoms with Crippen molar-refractivity contribution < 1.29 is 9.53 Å². The van der Waals surface area contributed by atoms with E-state index >= 15 is 0 Å². The van der Waals surface area contributed by atoms with Gasteiger partial charge in [-0.2, -0.15) is 0 Å². The van der Waals surface area contributed by atoms with Crippen molar-refractivity contribution in [2.24, 2.45) is 0 Å². The molecule has 0 radical (unpaired) electrons. The van der Waals surface area contributed by atoms with Crippen LogP contribution in [0.4, 0.5) is 0 Å². The molecule has 0 aromatic carbocycles. The van der Waals surface area contributed by atoms with Gasteiger partial charge in [-0.05, 0) is 34.6 Å².